The maximum atomic E-state index is 12.1. The summed E-state index contributed by atoms with van der Waals surface area (Å²) in [5.74, 6) is 1.82. The van der Waals surface area contributed by atoms with Gasteiger partial charge in [0.2, 0.25) is 5.91 Å². The van der Waals surface area contributed by atoms with Crippen molar-refractivity contribution < 1.29 is 9.53 Å². The van der Waals surface area contributed by atoms with Gasteiger partial charge in [0.05, 0.1) is 6.61 Å². The smallest absolute Gasteiger partial charge is 0.220 e. The van der Waals surface area contributed by atoms with Crippen LogP contribution in [-0.4, -0.2) is 30.6 Å². The number of nitrogens with one attached hydrogen (secondary N) is 1. The number of benzene rings is 1. The molecule has 0 saturated carbocycles. The van der Waals surface area contributed by atoms with Crippen molar-refractivity contribution in [1.82, 2.24) is 10.3 Å². The molecule has 1 aromatic heterocycles. The average Bonchev–Trinajstić information content (AvgIpc) is 3.21. The summed E-state index contributed by atoms with van der Waals surface area (Å²) in [7, 11) is 0. The Morgan fingerprint density at radius 2 is 2.07 bits per heavy atom. The summed E-state index contributed by atoms with van der Waals surface area (Å²) in [6, 6.07) is 9.59. The Morgan fingerprint density at radius 3 is 2.85 bits per heavy atom. The average molecular weight is 388 g/mol. The second kappa shape index (κ2) is 9.60. The Balaban J connectivity index is 1.37. The van der Waals surface area contributed by atoms with Crippen LogP contribution in [0.25, 0.3) is 0 Å². The van der Waals surface area contributed by atoms with Gasteiger partial charge >= 0.3 is 0 Å². The first-order valence-corrected chi connectivity index (χ1v) is 9.85. The first-order chi connectivity index (χ1) is 13.1. The number of rotatable bonds is 8. The molecule has 27 heavy (non-hydrogen) atoms. The highest BCUT2D eigenvalue weighted by molar-refractivity contribution is 6.31. The SMILES string of the molecule is Cc1cc(OCCCC(=O)NCc2ccnc(N3CCCC3)c2)ccc1Cl. The standard InChI is InChI=1S/C21H26ClN3O2/c1-16-13-18(6-7-19(16)22)27-12-4-5-21(26)24-15-17-8-9-23-20(14-17)25-10-2-3-11-25/h6-9,13-14H,2-5,10-12,15H2,1H3,(H,24,26). The van der Waals surface area contributed by atoms with Crippen LogP contribution in [0.3, 0.4) is 0 Å². The molecule has 2 heterocycles. The van der Waals surface area contributed by atoms with E-state index in [0.29, 0.717) is 26.0 Å². The first kappa shape index (κ1) is 19.5. The van der Waals surface area contributed by atoms with E-state index in [1.165, 1.54) is 12.8 Å². The zero-order valence-electron chi connectivity index (χ0n) is 15.7. The number of anilines is 1. The van der Waals surface area contributed by atoms with Crippen LogP contribution in [-0.2, 0) is 11.3 Å². The van der Waals surface area contributed by atoms with E-state index in [1.54, 1.807) is 0 Å². The molecule has 1 aromatic carbocycles. The van der Waals surface area contributed by atoms with E-state index in [0.717, 1.165) is 40.8 Å². The van der Waals surface area contributed by atoms with Gasteiger partial charge in [0.1, 0.15) is 11.6 Å². The monoisotopic (exact) mass is 387 g/mol. The molecular formula is C21H26ClN3O2. The maximum absolute atomic E-state index is 12.1. The van der Waals surface area contributed by atoms with Crippen LogP contribution in [0.5, 0.6) is 5.75 Å². The summed E-state index contributed by atoms with van der Waals surface area (Å²) in [6.07, 6.45) is 5.37. The van der Waals surface area contributed by atoms with Crippen LogP contribution in [0.2, 0.25) is 5.02 Å². The fourth-order valence-electron chi connectivity index (χ4n) is 3.11. The second-order valence-corrected chi connectivity index (χ2v) is 7.26. The van der Waals surface area contributed by atoms with Gasteiger partial charge < -0.3 is 15.0 Å². The van der Waals surface area contributed by atoms with Crippen molar-refractivity contribution in [2.45, 2.75) is 39.2 Å². The van der Waals surface area contributed by atoms with E-state index in [1.807, 2.05) is 37.4 Å². The molecule has 6 heteroatoms. The Morgan fingerprint density at radius 1 is 1.26 bits per heavy atom. The highest BCUT2D eigenvalue weighted by atomic mass is 35.5. The zero-order chi connectivity index (χ0) is 19.1. The first-order valence-electron chi connectivity index (χ1n) is 9.47. The van der Waals surface area contributed by atoms with E-state index in [2.05, 4.69) is 21.3 Å². The number of ether oxygens (including phenoxy) is 1. The third-order valence-electron chi connectivity index (χ3n) is 4.68. The third-order valence-corrected chi connectivity index (χ3v) is 5.10. The molecule has 5 nitrogen and oxygen atoms in total. The van der Waals surface area contributed by atoms with Crippen LogP contribution in [0.4, 0.5) is 5.82 Å². The quantitative estimate of drug-likeness (QED) is 0.692. The number of hydrogen-bond acceptors (Lipinski definition) is 4. The molecule has 3 rings (SSSR count). The Hall–Kier alpha value is -2.27. The van der Waals surface area contributed by atoms with E-state index < -0.39 is 0 Å². The highest BCUT2D eigenvalue weighted by Gasteiger charge is 2.13. The lowest BCUT2D eigenvalue weighted by Gasteiger charge is -2.17. The minimum atomic E-state index is 0.0328. The van der Waals surface area contributed by atoms with Gasteiger partial charge in [-0.15, -0.1) is 0 Å². The van der Waals surface area contributed by atoms with E-state index in [9.17, 15) is 4.79 Å². The summed E-state index contributed by atoms with van der Waals surface area (Å²) in [5.41, 5.74) is 2.06. The largest absolute Gasteiger partial charge is 0.494 e. The van der Waals surface area contributed by atoms with Crippen molar-refractivity contribution in [3.05, 3.63) is 52.7 Å². The minimum absolute atomic E-state index is 0.0328. The van der Waals surface area contributed by atoms with Crippen molar-refractivity contribution >= 4 is 23.3 Å². The number of pyridine rings is 1. The van der Waals surface area contributed by atoms with Crippen LogP contribution in [0.1, 0.15) is 36.8 Å². The number of halogens is 1. The van der Waals surface area contributed by atoms with Gasteiger partial charge in [0.15, 0.2) is 0 Å². The fourth-order valence-corrected chi connectivity index (χ4v) is 3.23. The summed E-state index contributed by atoms with van der Waals surface area (Å²) in [5, 5.41) is 3.70. The molecule has 1 aliphatic heterocycles. The lowest BCUT2D eigenvalue weighted by atomic mass is 10.2. The number of carbonyl (C=O) groups is 1. The van der Waals surface area contributed by atoms with E-state index >= 15 is 0 Å². The zero-order valence-corrected chi connectivity index (χ0v) is 16.5. The normalized spacial score (nSPS) is 13.6. The van der Waals surface area contributed by atoms with Crippen molar-refractivity contribution in [2.75, 3.05) is 24.6 Å². The topological polar surface area (TPSA) is 54.5 Å². The summed E-state index contributed by atoms with van der Waals surface area (Å²) < 4.78 is 5.68. The molecule has 1 N–H and O–H groups in total. The number of carbonyl (C=O) groups excluding carboxylic acids is 1. The lowest BCUT2D eigenvalue weighted by molar-refractivity contribution is -0.121. The Kier molecular flexibility index (Phi) is 6.93. The number of aryl methyl sites for hydroxylation is 1. The van der Waals surface area contributed by atoms with E-state index in [4.69, 9.17) is 16.3 Å². The van der Waals surface area contributed by atoms with Crippen LogP contribution in [0.15, 0.2) is 36.5 Å². The molecule has 144 valence electrons. The molecular weight excluding hydrogens is 362 g/mol. The maximum Gasteiger partial charge on any atom is 0.220 e. The molecule has 0 unspecified atom stereocenters. The number of amides is 1. The van der Waals surface area contributed by atoms with E-state index in [-0.39, 0.29) is 5.91 Å². The molecule has 1 amide bonds. The molecule has 1 saturated heterocycles. The van der Waals surface area contributed by atoms with Crippen molar-refractivity contribution in [2.24, 2.45) is 0 Å². The highest BCUT2D eigenvalue weighted by Crippen LogP contribution is 2.21. The van der Waals surface area contributed by atoms with Gasteiger partial charge in [-0.25, -0.2) is 4.98 Å². The number of hydrogen-bond donors (Lipinski definition) is 1. The van der Waals surface area contributed by atoms with Crippen LogP contribution < -0.4 is 15.0 Å². The summed E-state index contributed by atoms with van der Waals surface area (Å²) in [4.78, 5) is 18.8. The van der Waals surface area contributed by atoms with Crippen LogP contribution >= 0.6 is 11.6 Å². The molecule has 0 spiro atoms. The van der Waals surface area contributed by atoms with Crippen molar-refractivity contribution in [1.29, 1.82) is 0 Å². The van der Waals surface area contributed by atoms with Crippen molar-refractivity contribution in [3.8, 4) is 5.75 Å². The summed E-state index contributed by atoms with van der Waals surface area (Å²) in [6.45, 7) is 5.10. The van der Waals surface area contributed by atoms with Crippen molar-refractivity contribution in [3.63, 3.8) is 0 Å². The molecule has 0 radical (unpaired) electrons. The molecule has 1 aliphatic rings. The van der Waals surface area contributed by atoms with Gasteiger partial charge in [0, 0.05) is 37.3 Å². The number of nitrogens with zero attached hydrogens (tertiary/aromatic N) is 2. The molecule has 0 bridgehead atoms. The minimum Gasteiger partial charge on any atom is -0.494 e. The fraction of sp³-hybridized carbons (Fsp3) is 0.429. The van der Waals surface area contributed by atoms with Gasteiger partial charge in [-0.2, -0.15) is 0 Å². The third kappa shape index (κ3) is 5.86. The Bertz CT molecular complexity index is 776. The summed E-state index contributed by atoms with van der Waals surface area (Å²) >= 11 is 6.00. The van der Waals surface area contributed by atoms with Crippen LogP contribution in [0, 0.1) is 6.92 Å². The van der Waals surface area contributed by atoms with Gasteiger partial charge in [-0.05, 0) is 67.6 Å². The van der Waals surface area contributed by atoms with Gasteiger partial charge in [0.25, 0.3) is 0 Å². The molecule has 2 aromatic rings. The molecule has 1 fully saturated rings. The molecule has 0 atom stereocenters. The Labute approximate surface area is 165 Å². The predicted molar refractivity (Wildman–Crippen MR) is 108 cm³/mol. The number of aromatic nitrogens is 1. The van der Waals surface area contributed by atoms with Gasteiger partial charge in [-0.3, -0.25) is 4.79 Å². The predicted octanol–water partition coefficient (Wildman–Crippen LogP) is 4.12. The van der Waals surface area contributed by atoms with Gasteiger partial charge in [-0.1, -0.05) is 11.6 Å². The lowest BCUT2D eigenvalue weighted by Crippen LogP contribution is -2.24. The molecule has 0 aliphatic carbocycles. The second-order valence-electron chi connectivity index (χ2n) is 6.86.